The molecule has 0 bridgehead atoms. The van der Waals surface area contributed by atoms with E-state index in [1.54, 1.807) is 0 Å². The van der Waals surface area contributed by atoms with E-state index in [4.69, 9.17) is 0 Å². The summed E-state index contributed by atoms with van der Waals surface area (Å²) in [6.45, 7) is 4.31. The summed E-state index contributed by atoms with van der Waals surface area (Å²) in [6, 6.07) is 20.4. The topological polar surface area (TPSA) is 4.93 Å². The van der Waals surface area contributed by atoms with E-state index in [-0.39, 0.29) is 0 Å². The third-order valence-corrected chi connectivity index (χ3v) is 5.55. The molecule has 1 saturated carbocycles. The minimum atomic E-state index is 0.772. The van der Waals surface area contributed by atoms with Gasteiger partial charge in [-0.3, -0.25) is 0 Å². The number of aromatic nitrogens is 1. The Kier molecular flexibility index (Phi) is 4.48. The van der Waals surface area contributed by atoms with Crippen molar-refractivity contribution >= 4 is 0 Å². The molecule has 1 nitrogen and oxygen atoms in total. The number of hydrogen-bond donors (Lipinski definition) is 0. The first kappa shape index (κ1) is 16.2. The van der Waals surface area contributed by atoms with Crippen LogP contribution in [0.2, 0.25) is 0 Å². The fourth-order valence-corrected chi connectivity index (χ4v) is 4.10. The fraction of sp³-hybridized carbons (Fsp3) is 0.333. The third-order valence-electron chi connectivity index (χ3n) is 5.55. The summed E-state index contributed by atoms with van der Waals surface area (Å²) in [6.07, 6.45) is 9.15. The van der Waals surface area contributed by atoms with Crippen LogP contribution in [-0.2, 0) is 0 Å². The lowest BCUT2D eigenvalue weighted by molar-refractivity contribution is 0.443. The normalized spacial score (nSPS) is 15.4. The zero-order chi connectivity index (χ0) is 17.2. The molecule has 1 aliphatic carbocycles. The number of nitrogens with zero attached hydrogens (tertiary/aromatic N) is 1. The van der Waals surface area contributed by atoms with E-state index in [1.165, 1.54) is 65.7 Å². The van der Waals surface area contributed by atoms with Crippen LogP contribution < -0.4 is 0 Å². The Labute approximate surface area is 151 Å². The van der Waals surface area contributed by atoms with Crippen molar-refractivity contribution in [2.24, 2.45) is 0 Å². The molecule has 3 aromatic rings. The Morgan fingerprint density at radius 2 is 1.44 bits per heavy atom. The van der Waals surface area contributed by atoms with Gasteiger partial charge in [0.15, 0.2) is 0 Å². The van der Waals surface area contributed by atoms with Gasteiger partial charge in [-0.25, -0.2) is 0 Å². The van der Waals surface area contributed by atoms with Crippen LogP contribution in [0.1, 0.15) is 54.7 Å². The molecule has 128 valence electrons. The second-order valence-corrected chi connectivity index (χ2v) is 7.57. The summed E-state index contributed by atoms with van der Waals surface area (Å²) in [5, 5.41) is 0. The summed E-state index contributed by atoms with van der Waals surface area (Å²) >= 11 is 0. The molecule has 0 saturated heterocycles. The summed E-state index contributed by atoms with van der Waals surface area (Å²) in [5.41, 5.74) is 7.92. The predicted molar refractivity (Wildman–Crippen MR) is 107 cm³/mol. The van der Waals surface area contributed by atoms with Gasteiger partial charge >= 0.3 is 0 Å². The monoisotopic (exact) mass is 329 g/mol. The molecule has 2 aromatic carbocycles. The van der Waals surface area contributed by atoms with Crippen LogP contribution in [0.5, 0.6) is 0 Å². The average molecular weight is 329 g/mol. The van der Waals surface area contributed by atoms with E-state index in [2.05, 4.69) is 79.2 Å². The molecule has 4 rings (SSSR count). The van der Waals surface area contributed by atoms with Crippen LogP contribution in [0, 0.1) is 13.8 Å². The number of rotatable bonds is 3. The lowest BCUT2D eigenvalue weighted by Crippen LogP contribution is -2.04. The molecule has 1 aliphatic rings. The summed E-state index contributed by atoms with van der Waals surface area (Å²) in [5.74, 6) is 0.772. The van der Waals surface area contributed by atoms with Gasteiger partial charge in [-0.15, -0.1) is 0 Å². The van der Waals surface area contributed by atoms with Crippen molar-refractivity contribution in [1.29, 1.82) is 0 Å². The molecule has 0 N–H and O–H groups in total. The van der Waals surface area contributed by atoms with Crippen LogP contribution in [0.25, 0.3) is 16.9 Å². The van der Waals surface area contributed by atoms with Crippen molar-refractivity contribution in [2.45, 2.75) is 51.9 Å². The Hall–Kier alpha value is -2.28. The van der Waals surface area contributed by atoms with Crippen molar-refractivity contribution < 1.29 is 0 Å². The highest BCUT2D eigenvalue weighted by Gasteiger charge is 2.16. The lowest BCUT2D eigenvalue weighted by Gasteiger charge is -2.22. The fourth-order valence-electron chi connectivity index (χ4n) is 4.10. The van der Waals surface area contributed by atoms with E-state index in [0.29, 0.717) is 0 Å². The molecular weight excluding hydrogens is 302 g/mol. The van der Waals surface area contributed by atoms with E-state index < -0.39 is 0 Å². The first-order valence-electron chi connectivity index (χ1n) is 9.57. The van der Waals surface area contributed by atoms with Crippen LogP contribution >= 0.6 is 0 Å². The zero-order valence-corrected chi connectivity index (χ0v) is 15.3. The van der Waals surface area contributed by atoms with Crippen molar-refractivity contribution in [1.82, 2.24) is 4.57 Å². The molecule has 0 aliphatic heterocycles. The Morgan fingerprint density at radius 1 is 0.760 bits per heavy atom. The van der Waals surface area contributed by atoms with Gasteiger partial charge in [0.05, 0.1) is 5.69 Å². The zero-order valence-electron chi connectivity index (χ0n) is 15.3. The Bertz CT molecular complexity index is 831. The van der Waals surface area contributed by atoms with Crippen molar-refractivity contribution in [3.05, 3.63) is 77.5 Å². The van der Waals surface area contributed by atoms with Gasteiger partial charge < -0.3 is 4.57 Å². The van der Waals surface area contributed by atoms with Gasteiger partial charge in [0, 0.05) is 11.9 Å². The molecular formula is C24H27N. The maximum absolute atomic E-state index is 2.35. The lowest BCUT2D eigenvalue weighted by atomic mass is 9.84. The molecule has 0 radical (unpaired) electrons. The smallest absolute Gasteiger partial charge is 0.0531 e. The van der Waals surface area contributed by atoms with E-state index in [0.717, 1.165) is 5.92 Å². The van der Waals surface area contributed by atoms with Crippen molar-refractivity contribution in [2.75, 3.05) is 0 Å². The first-order valence-corrected chi connectivity index (χ1v) is 9.57. The number of hydrogen-bond acceptors (Lipinski definition) is 0. The highest BCUT2D eigenvalue weighted by atomic mass is 15.0. The Balaban J connectivity index is 1.66. The highest BCUT2D eigenvalue weighted by Crippen LogP contribution is 2.34. The van der Waals surface area contributed by atoms with Gasteiger partial charge in [0.25, 0.3) is 0 Å². The van der Waals surface area contributed by atoms with E-state index in [9.17, 15) is 0 Å². The van der Waals surface area contributed by atoms with Crippen LogP contribution in [0.15, 0.2) is 60.8 Å². The molecule has 0 amide bonds. The molecule has 0 spiro atoms. The van der Waals surface area contributed by atoms with Crippen LogP contribution in [0.4, 0.5) is 0 Å². The molecule has 1 heteroatoms. The van der Waals surface area contributed by atoms with Crippen molar-refractivity contribution in [3.63, 3.8) is 0 Å². The standard InChI is InChI=1S/C24H27N/c1-18-8-14-23(15-9-18)25-17-19(2)16-24(25)22-12-10-21(11-13-22)20-6-4-3-5-7-20/h8-17,20H,3-7H2,1-2H3. The SMILES string of the molecule is Cc1ccc(-n2cc(C)cc2-c2ccc(C3CCCCC3)cc2)cc1. The largest absolute Gasteiger partial charge is 0.316 e. The maximum Gasteiger partial charge on any atom is 0.0531 e. The first-order chi connectivity index (χ1) is 12.2. The summed E-state index contributed by atoms with van der Waals surface area (Å²) in [4.78, 5) is 0. The summed E-state index contributed by atoms with van der Waals surface area (Å²) in [7, 11) is 0. The van der Waals surface area contributed by atoms with E-state index in [1.807, 2.05) is 0 Å². The van der Waals surface area contributed by atoms with Gasteiger partial charge in [-0.1, -0.05) is 61.2 Å². The number of benzene rings is 2. The minimum Gasteiger partial charge on any atom is -0.316 e. The molecule has 0 unspecified atom stereocenters. The second-order valence-electron chi connectivity index (χ2n) is 7.57. The number of aryl methyl sites for hydroxylation is 2. The Morgan fingerprint density at radius 3 is 2.12 bits per heavy atom. The molecule has 1 fully saturated rings. The van der Waals surface area contributed by atoms with Gasteiger partial charge in [-0.05, 0) is 67.5 Å². The van der Waals surface area contributed by atoms with Gasteiger partial charge in [0.2, 0.25) is 0 Å². The van der Waals surface area contributed by atoms with E-state index >= 15 is 0 Å². The second kappa shape index (κ2) is 6.92. The molecule has 25 heavy (non-hydrogen) atoms. The van der Waals surface area contributed by atoms with Crippen LogP contribution in [0.3, 0.4) is 0 Å². The quantitative estimate of drug-likeness (QED) is 0.497. The molecule has 1 aromatic heterocycles. The minimum absolute atomic E-state index is 0.772. The average Bonchev–Trinajstić information content (AvgIpc) is 3.05. The predicted octanol–water partition coefficient (Wildman–Crippen LogP) is 6.81. The van der Waals surface area contributed by atoms with Crippen molar-refractivity contribution in [3.8, 4) is 16.9 Å². The molecule has 1 heterocycles. The molecule has 0 atom stereocenters. The van der Waals surface area contributed by atoms with Crippen LogP contribution in [-0.4, -0.2) is 4.57 Å². The summed E-state index contributed by atoms with van der Waals surface area (Å²) < 4.78 is 2.31. The third kappa shape index (κ3) is 3.42. The highest BCUT2D eigenvalue weighted by molar-refractivity contribution is 5.64. The maximum atomic E-state index is 2.35. The van der Waals surface area contributed by atoms with Gasteiger partial charge in [0.1, 0.15) is 0 Å². The van der Waals surface area contributed by atoms with Gasteiger partial charge in [-0.2, -0.15) is 0 Å².